The molecule has 2 fully saturated rings. The number of hydrogen-bond donors (Lipinski definition) is 1. The Labute approximate surface area is 157 Å². The summed E-state index contributed by atoms with van der Waals surface area (Å²) in [5.41, 5.74) is 1.88. The van der Waals surface area contributed by atoms with Crippen LogP contribution < -0.4 is 10.5 Å². The van der Waals surface area contributed by atoms with Gasteiger partial charge in [-0.15, -0.1) is 0 Å². The van der Waals surface area contributed by atoms with Crippen molar-refractivity contribution >= 4 is 17.2 Å². The lowest BCUT2D eigenvalue weighted by atomic mass is 9.93. The molecule has 0 bridgehead atoms. The van der Waals surface area contributed by atoms with Gasteiger partial charge in [-0.05, 0) is 61.6 Å². The molecule has 2 aliphatic rings. The first-order chi connectivity index (χ1) is 12.9. The third-order valence-electron chi connectivity index (χ3n) is 6.20. The van der Waals surface area contributed by atoms with Crippen molar-refractivity contribution in [2.45, 2.75) is 51.9 Å². The van der Waals surface area contributed by atoms with Crippen molar-refractivity contribution in [1.82, 2.24) is 4.40 Å². The summed E-state index contributed by atoms with van der Waals surface area (Å²) in [5.74, 6) is -0.782. The van der Waals surface area contributed by atoms with E-state index in [9.17, 15) is 14.7 Å². The average Bonchev–Trinajstić information content (AvgIpc) is 3.48. The summed E-state index contributed by atoms with van der Waals surface area (Å²) in [6.45, 7) is 5.66. The Morgan fingerprint density at radius 3 is 2.48 bits per heavy atom. The lowest BCUT2D eigenvalue weighted by molar-refractivity contribution is 0.0694. The average molecular weight is 372 g/mol. The van der Waals surface area contributed by atoms with Gasteiger partial charge in [-0.25, -0.2) is 9.18 Å². The summed E-state index contributed by atoms with van der Waals surface area (Å²) in [6.07, 6.45) is 6.36. The number of rotatable bonds is 4. The largest absolute Gasteiger partial charge is 0.477 e. The molecule has 2 aromatic heterocycles. The van der Waals surface area contributed by atoms with E-state index in [4.69, 9.17) is 0 Å². The number of pyridine rings is 2. The van der Waals surface area contributed by atoms with E-state index in [2.05, 4.69) is 11.8 Å². The number of anilines is 1. The first kappa shape index (κ1) is 18.0. The van der Waals surface area contributed by atoms with Crippen molar-refractivity contribution in [3.8, 4) is 0 Å². The highest BCUT2D eigenvalue weighted by atomic mass is 19.1. The first-order valence-corrected chi connectivity index (χ1v) is 9.79. The highest BCUT2D eigenvalue weighted by molar-refractivity contribution is 5.89. The molecule has 1 N–H and O–H groups in total. The van der Waals surface area contributed by atoms with Crippen LogP contribution in [0.3, 0.4) is 0 Å². The fraction of sp³-hybridized carbons (Fsp3) is 0.524. The van der Waals surface area contributed by atoms with Gasteiger partial charge < -0.3 is 10.0 Å². The molecule has 0 amide bonds. The zero-order valence-electron chi connectivity index (χ0n) is 15.8. The smallest absolute Gasteiger partial charge is 0.341 e. The molecular formula is C21H25FN2O3. The number of carboxylic acids is 1. The maximum absolute atomic E-state index is 15.1. The second kappa shape index (κ2) is 6.66. The minimum Gasteiger partial charge on any atom is -0.477 e. The van der Waals surface area contributed by atoms with E-state index in [1.807, 2.05) is 6.92 Å². The number of hydrogen-bond acceptors (Lipinski definition) is 3. The van der Waals surface area contributed by atoms with Crippen LogP contribution in [0.4, 0.5) is 10.1 Å². The number of nitrogens with zero attached hydrogens (tertiary/aromatic N) is 2. The van der Waals surface area contributed by atoms with Crippen LogP contribution in [0.25, 0.3) is 5.52 Å². The van der Waals surface area contributed by atoms with E-state index in [0.717, 1.165) is 56.3 Å². The van der Waals surface area contributed by atoms with Crippen LogP contribution in [0.2, 0.25) is 0 Å². The van der Waals surface area contributed by atoms with Gasteiger partial charge >= 0.3 is 5.97 Å². The van der Waals surface area contributed by atoms with Crippen molar-refractivity contribution in [3.05, 3.63) is 45.1 Å². The Balaban J connectivity index is 1.91. The zero-order chi connectivity index (χ0) is 19.3. The SMILES string of the molecule is CCC1CCN(c2c(F)cn3c(=O)c(C(=O)O)cc(C4CC4)c3c2C)CC1. The second-order valence-electron chi connectivity index (χ2n) is 7.91. The molecule has 4 rings (SSSR count). The van der Waals surface area contributed by atoms with Crippen LogP contribution in [0.15, 0.2) is 17.1 Å². The van der Waals surface area contributed by atoms with E-state index in [1.54, 1.807) is 0 Å². The van der Waals surface area contributed by atoms with Crippen LogP contribution in [0.5, 0.6) is 0 Å². The van der Waals surface area contributed by atoms with E-state index in [0.29, 0.717) is 17.1 Å². The number of aromatic nitrogens is 1. The van der Waals surface area contributed by atoms with Crippen LogP contribution >= 0.6 is 0 Å². The first-order valence-electron chi connectivity index (χ1n) is 9.79. The number of halogens is 1. The molecule has 27 heavy (non-hydrogen) atoms. The van der Waals surface area contributed by atoms with Crippen molar-refractivity contribution in [2.75, 3.05) is 18.0 Å². The number of carboxylic acid groups (broad SMARTS) is 1. The fourth-order valence-electron chi connectivity index (χ4n) is 4.45. The Morgan fingerprint density at radius 2 is 1.93 bits per heavy atom. The molecule has 144 valence electrons. The third kappa shape index (κ3) is 3.01. The van der Waals surface area contributed by atoms with Crippen LogP contribution in [-0.4, -0.2) is 28.6 Å². The van der Waals surface area contributed by atoms with Gasteiger partial charge in [-0.3, -0.25) is 9.20 Å². The third-order valence-corrected chi connectivity index (χ3v) is 6.20. The van der Waals surface area contributed by atoms with Gasteiger partial charge in [0.15, 0.2) is 5.82 Å². The van der Waals surface area contributed by atoms with Gasteiger partial charge in [-0.1, -0.05) is 13.3 Å². The molecular weight excluding hydrogens is 347 g/mol. The summed E-state index contributed by atoms with van der Waals surface area (Å²) in [7, 11) is 0. The van der Waals surface area contributed by atoms with Gasteiger partial charge in [-0.2, -0.15) is 0 Å². The van der Waals surface area contributed by atoms with Gasteiger partial charge in [0.25, 0.3) is 5.56 Å². The number of carbonyl (C=O) groups is 1. The molecule has 3 heterocycles. The standard InChI is InChI=1S/C21H25FN2O3/c1-3-13-6-8-23(9-7-13)19-12(2)18-15(14-4-5-14)10-16(21(26)27)20(25)24(18)11-17(19)22/h10-11,13-14H,3-9H2,1-2H3,(H,26,27). The number of piperidine rings is 1. The lowest BCUT2D eigenvalue weighted by Gasteiger charge is -2.34. The molecule has 0 spiro atoms. The second-order valence-corrected chi connectivity index (χ2v) is 7.91. The molecule has 6 heteroatoms. The molecule has 1 saturated carbocycles. The van der Waals surface area contributed by atoms with Gasteiger partial charge in [0.1, 0.15) is 5.56 Å². The summed E-state index contributed by atoms with van der Waals surface area (Å²) in [6, 6.07) is 1.51. The molecule has 0 unspecified atom stereocenters. The van der Waals surface area contributed by atoms with Crippen molar-refractivity contribution in [3.63, 3.8) is 0 Å². The predicted octanol–water partition coefficient (Wildman–Crippen LogP) is 3.95. The topological polar surface area (TPSA) is 62.0 Å². The molecule has 1 saturated heterocycles. The van der Waals surface area contributed by atoms with Gasteiger partial charge in [0, 0.05) is 13.1 Å². The van der Waals surface area contributed by atoms with Crippen LogP contribution in [0.1, 0.15) is 66.4 Å². The number of aryl methyl sites for hydroxylation is 1. The van der Waals surface area contributed by atoms with Crippen molar-refractivity contribution in [2.24, 2.45) is 5.92 Å². The maximum atomic E-state index is 15.1. The Kier molecular flexibility index (Phi) is 4.44. The quantitative estimate of drug-likeness (QED) is 0.883. The highest BCUT2D eigenvalue weighted by Crippen LogP contribution is 2.44. The molecule has 1 aliphatic carbocycles. The molecule has 0 radical (unpaired) electrons. The van der Waals surface area contributed by atoms with Gasteiger partial charge in [0.05, 0.1) is 17.4 Å². The van der Waals surface area contributed by atoms with Crippen LogP contribution in [-0.2, 0) is 0 Å². The van der Waals surface area contributed by atoms with Gasteiger partial charge in [0.2, 0.25) is 0 Å². The maximum Gasteiger partial charge on any atom is 0.341 e. The van der Waals surface area contributed by atoms with E-state index in [1.165, 1.54) is 16.7 Å². The molecule has 0 atom stereocenters. The Hall–Kier alpha value is -2.37. The lowest BCUT2D eigenvalue weighted by Crippen LogP contribution is -2.35. The summed E-state index contributed by atoms with van der Waals surface area (Å²) >= 11 is 0. The van der Waals surface area contributed by atoms with Crippen LogP contribution in [0, 0.1) is 18.7 Å². The number of aromatic carboxylic acids is 1. The minimum absolute atomic E-state index is 0.251. The molecule has 0 aromatic carbocycles. The monoisotopic (exact) mass is 372 g/mol. The molecule has 5 nitrogen and oxygen atoms in total. The summed E-state index contributed by atoms with van der Waals surface area (Å²) < 4.78 is 16.3. The van der Waals surface area contributed by atoms with E-state index < -0.39 is 17.3 Å². The highest BCUT2D eigenvalue weighted by Gasteiger charge is 2.31. The summed E-state index contributed by atoms with van der Waals surface area (Å²) in [5, 5.41) is 9.38. The summed E-state index contributed by atoms with van der Waals surface area (Å²) in [4.78, 5) is 26.2. The fourth-order valence-corrected chi connectivity index (χ4v) is 4.45. The minimum atomic E-state index is -1.26. The Morgan fingerprint density at radius 1 is 1.26 bits per heavy atom. The predicted molar refractivity (Wildman–Crippen MR) is 103 cm³/mol. The van der Waals surface area contributed by atoms with E-state index >= 15 is 4.39 Å². The molecule has 2 aromatic rings. The van der Waals surface area contributed by atoms with Crippen molar-refractivity contribution in [1.29, 1.82) is 0 Å². The normalized spacial score (nSPS) is 18.3. The Bertz CT molecular complexity index is 970. The van der Waals surface area contributed by atoms with Crippen molar-refractivity contribution < 1.29 is 14.3 Å². The zero-order valence-corrected chi connectivity index (χ0v) is 15.8. The van der Waals surface area contributed by atoms with E-state index in [-0.39, 0.29) is 11.5 Å². The molecule has 1 aliphatic heterocycles. The number of fused-ring (bicyclic) bond motifs is 1.